The summed E-state index contributed by atoms with van der Waals surface area (Å²) >= 11 is 0. The predicted octanol–water partition coefficient (Wildman–Crippen LogP) is 1.24. The van der Waals surface area contributed by atoms with Gasteiger partial charge in [0.2, 0.25) is 0 Å². The first-order chi connectivity index (χ1) is 8.13. The van der Waals surface area contributed by atoms with Gasteiger partial charge in [0, 0.05) is 23.9 Å². The molecule has 0 fully saturated rings. The second-order valence-corrected chi connectivity index (χ2v) is 3.85. The fraction of sp³-hybridized carbons (Fsp3) is 0.231. The normalized spacial score (nSPS) is 10.5. The first-order valence-corrected chi connectivity index (χ1v) is 5.48. The molecule has 1 aromatic heterocycles. The van der Waals surface area contributed by atoms with Gasteiger partial charge in [-0.2, -0.15) is 5.10 Å². The molecule has 0 saturated carbocycles. The number of hydrogen-bond acceptors (Lipinski definition) is 3. The van der Waals surface area contributed by atoms with Gasteiger partial charge in [-0.25, -0.2) is 0 Å². The van der Waals surface area contributed by atoms with E-state index in [1.807, 2.05) is 38.1 Å². The van der Waals surface area contributed by atoms with E-state index in [0.29, 0.717) is 12.2 Å². The van der Waals surface area contributed by atoms with E-state index in [1.165, 1.54) is 6.20 Å². The number of benzene rings is 1. The van der Waals surface area contributed by atoms with Gasteiger partial charge < -0.3 is 9.90 Å². The molecular weight excluding hydrogens is 216 g/mol. The van der Waals surface area contributed by atoms with Crippen LogP contribution in [0.5, 0.6) is 0 Å². The summed E-state index contributed by atoms with van der Waals surface area (Å²) in [5.41, 5.74) is 2.45. The summed E-state index contributed by atoms with van der Waals surface area (Å²) in [5, 5.41) is 15.3. The molecule has 0 atom stereocenters. The molecule has 4 heteroatoms. The molecule has 0 unspecified atom stereocenters. The third-order valence-electron chi connectivity index (χ3n) is 2.71. The summed E-state index contributed by atoms with van der Waals surface area (Å²) in [4.78, 5) is 11.1. The molecule has 88 valence electrons. The Morgan fingerprint density at radius 1 is 1.41 bits per heavy atom. The SMILES string of the molecule is CCn1cc(C(=O)[O-])c(-c2ccccc2C)n1. The Morgan fingerprint density at radius 3 is 2.71 bits per heavy atom. The molecule has 1 aromatic carbocycles. The number of hydrogen-bond donors (Lipinski definition) is 0. The van der Waals surface area contributed by atoms with E-state index in [2.05, 4.69) is 5.10 Å². The van der Waals surface area contributed by atoms with E-state index in [4.69, 9.17) is 0 Å². The van der Waals surface area contributed by atoms with Crippen molar-refractivity contribution in [3.05, 3.63) is 41.6 Å². The summed E-state index contributed by atoms with van der Waals surface area (Å²) in [5.74, 6) is -1.19. The number of aryl methyl sites for hydroxylation is 2. The van der Waals surface area contributed by atoms with E-state index >= 15 is 0 Å². The highest BCUT2D eigenvalue weighted by atomic mass is 16.4. The van der Waals surface area contributed by atoms with Gasteiger partial charge in [0.15, 0.2) is 0 Å². The molecular formula is C13H13N2O2-. The minimum Gasteiger partial charge on any atom is -0.545 e. The third-order valence-corrected chi connectivity index (χ3v) is 2.71. The van der Waals surface area contributed by atoms with Crippen molar-refractivity contribution in [2.45, 2.75) is 20.4 Å². The largest absolute Gasteiger partial charge is 0.545 e. The molecule has 4 nitrogen and oxygen atoms in total. The van der Waals surface area contributed by atoms with Crippen LogP contribution in [0.2, 0.25) is 0 Å². The first-order valence-electron chi connectivity index (χ1n) is 5.48. The highest BCUT2D eigenvalue weighted by Gasteiger charge is 2.12. The van der Waals surface area contributed by atoms with Crippen molar-refractivity contribution in [1.29, 1.82) is 0 Å². The van der Waals surface area contributed by atoms with Crippen molar-refractivity contribution >= 4 is 5.97 Å². The molecule has 0 aliphatic carbocycles. The second kappa shape index (κ2) is 4.41. The fourth-order valence-corrected chi connectivity index (χ4v) is 1.77. The molecule has 1 heterocycles. The minimum atomic E-state index is -1.19. The van der Waals surface area contributed by atoms with Crippen molar-refractivity contribution in [3.63, 3.8) is 0 Å². The highest BCUT2D eigenvalue weighted by molar-refractivity contribution is 5.93. The molecule has 2 aromatic rings. The van der Waals surface area contributed by atoms with Gasteiger partial charge >= 0.3 is 0 Å². The lowest BCUT2D eigenvalue weighted by molar-refractivity contribution is -0.254. The smallest absolute Gasteiger partial charge is 0.102 e. The second-order valence-electron chi connectivity index (χ2n) is 3.85. The van der Waals surface area contributed by atoms with Crippen LogP contribution < -0.4 is 5.11 Å². The number of aromatic nitrogens is 2. The van der Waals surface area contributed by atoms with E-state index in [9.17, 15) is 9.90 Å². The monoisotopic (exact) mass is 229 g/mol. The van der Waals surface area contributed by atoms with Crippen LogP contribution in [0.1, 0.15) is 22.8 Å². The predicted molar refractivity (Wildman–Crippen MR) is 62.4 cm³/mol. The average molecular weight is 229 g/mol. The number of aromatic carboxylic acids is 1. The number of carboxylic acid groups (broad SMARTS) is 1. The van der Waals surface area contributed by atoms with Gasteiger partial charge in [-0.05, 0) is 19.4 Å². The average Bonchev–Trinajstić information content (AvgIpc) is 2.73. The van der Waals surface area contributed by atoms with Crippen LogP contribution in [0.15, 0.2) is 30.5 Å². The van der Waals surface area contributed by atoms with E-state index in [-0.39, 0.29) is 5.56 Å². The van der Waals surface area contributed by atoms with E-state index in [0.717, 1.165) is 11.1 Å². The topological polar surface area (TPSA) is 58.0 Å². The summed E-state index contributed by atoms with van der Waals surface area (Å²) in [7, 11) is 0. The maximum atomic E-state index is 11.1. The molecule has 17 heavy (non-hydrogen) atoms. The highest BCUT2D eigenvalue weighted by Crippen LogP contribution is 2.24. The summed E-state index contributed by atoms with van der Waals surface area (Å²) in [6, 6.07) is 7.57. The Morgan fingerprint density at radius 2 is 2.12 bits per heavy atom. The third kappa shape index (κ3) is 2.06. The lowest BCUT2D eigenvalue weighted by Gasteiger charge is -2.05. The number of carbonyl (C=O) groups is 1. The Balaban J connectivity index is 2.62. The van der Waals surface area contributed by atoms with Crippen LogP contribution in [0.25, 0.3) is 11.3 Å². The number of carbonyl (C=O) groups excluding carboxylic acids is 1. The molecule has 0 spiro atoms. The maximum Gasteiger partial charge on any atom is 0.102 e. The maximum absolute atomic E-state index is 11.1. The molecule has 0 radical (unpaired) electrons. The Labute approximate surface area is 99.5 Å². The van der Waals surface area contributed by atoms with Crippen LogP contribution in [0, 0.1) is 6.92 Å². The number of rotatable bonds is 3. The summed E-state index contributed by atoms with van der Waals surface area (Å²) in [6.07, 6.45) is 1.51. The zero-order chi connectivity index (χ0) is 12.4. The zero-order valence-electron chi connectivity index (χ0n) is 9.80. The first kappa shape index (κ1) is 11.4. The minimum absolute atomic E-state index is 0.140. The van der Waals surface area contributed by atoms with Gasteiger partial charge in [-0.3, -0.25) is 4.68 Å². The molecule has 0 amide bonds. The lowest BCUT2D eigenvalue weighted by atomic mass is 10.0. The molecule has 2 rings (SSSR count). The molecule has 0 aliphatic heterocycles. The van der Waals surface area contributed by atoms with Crippen molar-refractivity contribution in [2.24, 2.45) is 0 Å². The summed E-state index contributed by atoms with van der Waals surface area (Å²) in [6.45, 7) is 4.47. The Hall–Kier alpha value is -2.10. The van der Waals surface area contributed by atoms with E-state index in [1.54, 1.807) is 4.68 Å². The van der Waals surface area contributed by atoms with Gasteiger partial charge in [-0.15, -0.1) is 0 Å². The molecule has 0 N–H and O–H groups in total. The van der Waals surface area contributed by atoms with E-state index < -0.39 is 5.97 Å². The van der Waals surface area contributed by atoms with Crippen molar-refractivity contribution < 1.29 is 9.90 Å². The number of carboxylic acids is 1. The lowest BCUT2D eigenvalue weighted by Crippen LogP contribution is -2.22. The van der Waals surface area contributed by atoms with Gasteiger partial charge in [0.25, 0.3) is 0 Å². The van der Waals surface area contributed by atoms with Crippen LogP contribution in [0.4, 0.5) is 0 Å². The van der Waals surface area contributed by atoms with Gasteiger partial charge in [0.05, 0.1) is 5.97 Å². The fourth-order valence-electron chi connectivity index (χ4n) is 1.77. The number of nitrogens with zero attached hydrogens (tertiary/aromatic N) is 2. The van der Waals surface area contributed by atoms with Crippen molar-refractivity contribution in [2.75, 3.05) is 0 Å². The molecule has 0 bridgehead atoms. The zero-order valence-corrected chi connectivity index (χ0v) is 9.80. The van der Waals surface area contributed by atoms with Crippen LogP contribution in [0.3, 0.4) is 0 Å². The van der Waals surface area contributed by atoms with Crippen LogP contribution in [-0.4, -0.2) is 15.7 Å². The van der Waals surface area contributed by atoms with Crippen LogP contribution >= 0.6 is 0 Å². The van der Waals surface area contributed by atoms with Crippen LogP contribution in [-0.2, 0) is 6.54 Å². The van der Waals surface area contributed by atoms with Gasteiger partial charge in [0.1, 0.15) is 5.69 Å². The van der Waals surface area contributed by atoms with Gasteiger partial charge in [-0.1, -0.05) is 24.3 Å². The summed E-state index contributed by atoms with van der Waals surface area (Å²) < 4.78 is 1.60. The Kier molecular flexibility index (Phi) is 2.95. The quantitative estimate of drug-likeness (QED) is 0.795. The van der Waals surface area contributed by atoms with Crippen molar-refractivity contribution in [1.82, 2.24) is 9.78 Å². The molecule has 0 aliphatic rings. The van der Waals surface area contributed by atoms with Crippen molar-refractivity contribution in [3.8, 4) is 11.3 Å². The standard InChI is InChI=1S/C13H14N2O2/c1-3-15-8-11(13(16)17)12(14-15)10-7-5-4-6-9(10)2/h4-8H,3H2,1-2H3,(H,16,17)/p-1. The Bertz CT molecular complexity index is 558. The molecule has 0 saturated heterocycles.